The highest BCUT2D eigenvalue weighted by Crippen LogP contribution is 2.21. The van der Waals surface area contributed by atoms with E-state index in [1.807, 2.05) is 19.1 Å². The summed E-state index contributed by atoms with van der Waals surface area (Å²) in [6.45, 7) is 4.03. The van der Waals surface area contributed by atoms with Crippen LogP contribution in [0.2, 0.25) is 0 Å². The number of carbonyl (C=O) groups is 1. The third kappa shape index (κ3) is 4.79. The first-order chi connectivity index (χ1) is 13.4. The molecule has 5 nitrogen and oxygen atoms in total. The Balaban J connectivity index is 1.64. The minimum absolute atomic E-state index is 0.129. The van der Waals surface area contributed by atoms with Crippen molar-refractivity contribution < 1.29 is 13.2 Å². The Morgan fingerprint density at radius 2 is 1.71 bits per heavy atom. The standard InChI is InChI=1S/C21H22N2O3S2/c1-3-16-6-8-17(9-7-16)15(2)22-21(24)18-10-12-19(13-11-18)23-28(25,26)20-5-4-14-27-20/h4-15,23H,3H2,1-2H3,(H,22,24)/t15-/m0/s1. The number of anilines is 1. The predicted octanol–water partition coefficient (Wildman–Crippen LogP) is 4.60. The zero-order chi connectivity index (χ0) is 20.1. The van der Waals surface area contributed by atoms with Gasteiger partial charge in [0.25, 0.3) is 15.9 Å². The highest BCUT2D eigenvalue weighted by atomic mass is 32.2. The van der Waals surface area contributed by atoms with Gasteiger partial charge in [-0.1, -0.05) is 37.3 Å². The summed E-state index contributed by atoms with van der Waals surface area (Å²) in [5.41, 5.74) is 3.16. The van der Waals surface area contributed by atoms with Crippen molar-refractivity contribution in [3.8, 4) is 0 Å². The van der Waals surface area contributed by atoms with Crippen LogP contribution in [-0.2, 0) is 16.4 Å². The predicted molar refractivity (Wildman–Crippen MR) is 113 cm³/mol. The van der Waals surface area contributed by atoms with Crippen LogP contribution in [-0.4, -0.2) is 14.3 Å². The highest BCUT2D eigenvalue weighted by molar-refractivity contribution is 7.94. The number of hydrogen-bond acceptors (Lipinski definition) is 4. The first kappa shape index (κ1) is 20.1. The van der Waals surface area contributed by atoms with E-state index in [0.29, 0.717) is 11.3 Å². The lowest BCUT2D eigenvalue weighted by atomic mass is 10.0. The van der Waals surface area contributed by atoms with Crippen LogP contribution in [0.4, 0.5) is 5.69 Å². The Morgan fingerprint density at radius 1 is 1.04 bits per heavy atom. The molecule has 146 valence electrons. The molecule has 28 heavy (non-hydrogen) atoms. The van der Waals surface area contributed by atoms with Gasteiger partial charge in [-0.25, -0.2) is 8.42 Å². The first-order valence-electron chi connectivity index (χ1n) is 8.95. The molecule has 0 unspecified atom stereocenters. The normalized spacial score (nSPS) is 12.4. The molecule has 1 heterocycles. The summed E-state index contributed by atoms with van der Waals surface area (Å²) in [4.78, 5) is 12.5. The van der Waals surface area contributed by atoms with Gasteiger partial charge >= 0.3 is 0 Å². The molecular formula is C21H22N2O3S2. The summed E-state index contributed by atoms with van der Waals surface area (Å²) in [6.07, 6.45) is 0.976. The molecule has 0 aliphatic rings. The second kappa shape index (κ2) is 8.58. The average Bonchev–Trinajstić information content (AvgIpc) is 3.24. The molecule has 3 aromatic rings. The van der Waals surface area contributed by atoms with Crippen molar-refractivity contribution >= 4 is 33.0 Å². The molecule has 0 aliphatic heterocycles. The molecule has 0 saturated carbocycles. The van der Waals surface area contributed by atoms with Gasteiger partial charge in [0.05, 0.1) is 6.04 Å². The highest BCUT2D eigenvalue weighted by Gasteiger charge is 2.16. The van der Waals surface area contributed by atoms with Crippen LogP contribution in [0.5, 0.6) is 0 Å². The van der Waals surface area contributed by atoms with E-state index in [4.69, 9.17) is 0 Å². The molecule has 0 bridgehead atoms. The number of benzene rings is 2. The van der Waals surface area contributed by atoms with E-state index in [9.17, 15) is 13.2 Å². The van der Waals surface area contributed by atoms with E-state index in [0.717, 1.165) is 23.3 Å². The number of hydrogen-bond donors (Lipinski definition) is 2. The molecule has 1 amide bonds. The molecule has 0 aliphatic carbocycles. The van der Waals surface area contributed by atoms with Crippen LogP contribution in [0.3, 0.4) is 0 Å². The van der Waals surface area contributed by atoms with Gasteiger partial charge in [-0.3, -0.25) is 9.52 Å². The molecule has 0 fully saturated rings. The number of aryl methyl sites for hydroxylation is 1. The fourth-order valence-corrected chi connectivity index (χ4v) is 4.77. The molecule has 0 saturated heterocycles. The zero-order valence-corrected chi connectivity index (χ0v) is 17.3. The molecule has 7 heteroatoms. The van der Waals surface area contributed by atoms with Gasteiger partial charge in [0, 0.05) is 11.3 Å². The monoisotopic (exact) mass is 414 g/mol. The van der Waals surface area contributed by atoms with Crippen molar-refractivity contribution in [1.29, 1.82) is 0 Å². The first-order valence-corrected chi connectivity index (χ1v) is 11.3. The van der Waals surface area contributed by atoms with Crippen LogP contribution in [0.15, 0.2) is 70.3 Å². The van der Waals surface area contributed by atoms with Gasteiger partial charge in [-0.15, -0.1) is 11.3 Å². The number of nitrogens with one attached hydrogen (secondary N) is 2. The zero-order valence-electron chi connectivity index (χ0n) is 15.7. The Labute approximate surface area is 169 Å². The van der Waals surface area contributed by atoms with Crippen molar-refractivity contribution in [3.63, 3.8) is 0 Å². The van der Waals surface area contributed by atoms with Gasteiger partial charge in [0.1, 0.15) is 4.21 Å². The second-order valence-corrected chi connectivity index (χ2v) is 9.26. The Kier molecular flexibility index (Phi) is 6.16. The third-order valence-electron chi connectivity index (χ3n) is 4.39. The minimum Gasteiger partial charge on any atom is -0.346 e. The van der Waals surface area contributed by atoms with Crippen molar-refractivity contribution in [2.75, 3.05) is 4.72 Å². The summed E-state index contributed by atoms with van der Waals surface area (Å²) >= 11 is 1.15. The quantitative estimate of drug-likeness (QED) is 0.593. The molecule has 0 radical (unpaired) electrons. The molecule has 2 aromatic carbocycles. The molecule has 2 N–H and O–H groups in total. The lowest BCUT2D eigenvalue weighted by Crippen LogP contribution is -2.26. The summed E-state index contributed by atoms with van der Waals surface area (Å²) in [5, 5.41) is 4.67. The number of amides is 1. The molecule has 1 atom stereocenters. The van der Waals surface area contributed by atoms with Crippen LogP contribution in [0, 0.1) is 0 Å². The summed E-state index contributed by atoms with van der Waals surface area (Å²) in [5.74, 6) is -0.209. The van der Waals surface area contributed by atoms with E-state index in [1.165, 1.54) is 5.56 Å². The molecular weight excluding hydrogens is 392 g/mol. The van der Waals surface area contributed by atoms with Crippen LogP contribution in [0.1, 0.15) is 41.4 Å². The van der Waals surface area contributed by atoms with Crippen molar-refractivity contribution in [1.82, 2.24) is 5.32 Å². The number of thiophene rings is 1. The SMILES string of the molecule is CCc1ccc([C@H](C)NC(=O)c2ccc(NS(=O)(=O)c3cccs3)cc2)cc1. The minimum atomic E-state index is -3.60. The van der Waals surface area contributed by atoms with E-state index in [-0.39, 0.29) is 16.2 Å². The van der Waals surface area contributed by atoms with Crippen LogP contribution >= 0.6 is 11.3 Å². The van der Waals surface area contributed by atoms with Crippen molar-refractivity contribution in [2.45, 2.75) is 30.5 Å². The maximum Gasteiger partial charge on any atom is 0.271 e. The lowest BCUT2D eigenvalue weighted by molar-refractivity contribution is 0.0940. The summed E-state index contributed by atoms with van der Waals surface area (Å²) in [7, 11) is -3.60. The van der Waals surface area contributed by atoms with Gasteiger partial charge in [0.15, 0.2) is 0 Å². The average molecular weight is 415 g/mol. The molecule has 0 spiro atoms. The van der Waals surface area contributed by atoms with Gasteiger partial charge in [-0.05, 0) is 60.2 Å². The topological polar surface area (TPSA) is 75.3 Å². The largest absolute Gasteiger partial charge is 0.346 e. The van der Waals surface area contributed by atoms with Gasteiger partial charge < -0.3 is 5.32 Å². The van der Waals surface area contributed by atoms with Crippen LogP contribution in [0.25, 0.3) is 0 Å². The van der Waals surface area contributed by atoms with E-state index >= 15 is 0 Å². The fourth-order valence-electron chi connectivity index (χ4n) is 2.72. The van der Waals surface area contributed by atoms with E-state index in [2.05, 4.69) is 29.1 Å². The molecule has 1 aromatic heterocycles. The smallest absolute Gasteiger partial charge is 0.271 e. The van der Waals surface area contributed by atoms with Crippen molar-refractivity contribution in [3.05, 3.63) is 82.7 Å². The van der Waals surface area contributed by atoms with Crippen LogP contribution < -0.4 is 10.0 Å². The lowest BCUT2D eigenvalue weighted by Gasteiger charge is -2.15. The Hall–Kier alpha value is -2.64. The fraction of sp³-hybridized carbons (Fsp3) is 0.190. The van der Waals surface area contributed by atoms with Gasteiger partial charge in [0.2, 0.25) is 0 Å². The van der Waals surface area contributed by atoms with E-state index < -0.39 is 10.0 Å². The maximum atomic E-state index is 12.5. The Bertz CT molecular complexity index is 1030. The summed E-state index contributed by atoms with van der Waals surface area (Å²) < 4.78 is 27.3. The molecule has 3 rings (SSSR count). The third-order valence-corrected chi connectivity index (χ3v) is 7.17. The van der Waals surface area contributed by atoms with Crippen molar-refractivity contribution in [2.24, 2.45) is 0 Å². The number of rotatable bonds is 7. The van der Waals surface area contributed by atoms with E-state index in [1.54, 1.807) is 41.8 Å². The number of sulfonamides is 1. The summed E-state index contributed by atoms with van der Waals surface area (Å²) in [6, 6.07) is 17.6. The van der Waals surface area contributed by atoms with Gasteiger partial charge in [-0.2, -0.15) is 0 Å². The number of carbonyl (C=O) groups excluding carboxylic acids is 1. The second-order valence-electron chi connectivity index (χ2n) is 6.41. The maximum absolute atomic E-state index is 12.5. The Morgan fingerprint density at radius 3 is 2.29 bits per heavy atom.